The van der Waals surface area contributed by atoms with Crippen LogP contribution in [0, 0.1) is 5.92 Å². The third kappa shape index (κ3) is 6.65. The Morgan fingerprint density at radius 1 is 1.54 bits per heavy atom. The fourth-order valence-electron chi connectivity index (χ4n) is 1.95. The van der Waals surface area contributed by atoms with Crippen LogP contribution in [-0.2, 0) is 14.3 Å². The highest BCUT2D eigenvalue weighted by atomic mass is 16.6. The van der Waals surface area contributed by atoms with Crippen molar-refractivity contribution in [1.29, 1.82) is 0 Å². The molecule has 0 aromatic carbocycles. The Morgan fingerprint density at radius 2 is 2.21 bits per heavy atom. The van der Waals surface area contributed by atoms with Crippen LogP contribution in [0.1, 0.15) is 39.8 Å². The summed E-state index contributed by atoms with van der Waals surface area (Å²) in [6, 6.07) is 1.45. The minimum absolute atomic E-state index is 0.0673. The number of nitrogens with one attached hydrogen (secondary N) is 1. The summed E-state index contributed by atoms with van der Waals surface area (Å²) in [4.78, 5) is 26.3. The zero-order valence-electron chi connectivity index (χ0n) is 14.3. The maximum atomic E-state index is 11.7. The van der Waals surface area contributed by atoms with E-state index in [-0.39, 0.29) is 25.1 Å². The first kappa shape index (κ1) is 20.1. The zero-order valence-corrected chi connectivity index (χ0v) is 14.3. The van der Waals surface area contributed by atoms with Gasteiger partial charge < -0.3 is 15.2 Å². The van der Waals surface area contributed by atoms with E-state index in [9.17, 15) is 9.59 Å². The monoisotopic (exact) mass is 342 g/mol. The molecule has 0 spiro atoms. The van der Waals surface area contributed by atoms with Crippen LogP contribution < -0.4 is 16.9 Å². The lowest BCUT2D eigenvalue weighted by Gasteiger charge is -2.15. The third-order valence-electron chi connectivity index (χ3n) is 2.94. The molecule has 1 aliphatic rings. The first-order chi connectivity index (χ1) is 11.4. The van der Waals surface area contributed by atoms with Crippen LogP contribution in [0.5, 0.6) is 0 Å². The normalized spacial score (nSPS) is 19.6. The molecule has 0 aliphatic carbocycles. The molecule has 2 unspecified atom stereocenters. The van der Waals surface area contributed by atoms with Crippen molar-refractivity contribution in [2.24, 2.45) is 11.7 Å². The number of rotatable bonds is 5. The van der Waals surface area contributed by atoms with Crippen LogP contribution in [0.4, 0.5) is 5.82 Å². The van der Waals surface area contributed by atoms with Crippen molar-refractivity contribution in [1.82, 2.24) is 9.55 Å². The molecule has 1 fully saturated rings. The summed E-state index contributed by atoms with van der Waals surface area (Å²) in [5.41, 5.74) is 6.39. The van der Waals surface area contributed by atoms with E-state index in [1.165, 1.54) is 16.8 Å². The summed E-state index contributed by atoms with van der Waals surface area (Å²) in [6.45, 7) is 6.44. The summed E-state index contributed by atoms with van der Waals surface area (Å²) in [6.07, 6.45) is 2.03. The molecule has 9 nitrogen and oxygen atoms in total. The van der Waals surface area contributed by atoms with Crippen LogP contribution in [0.3, 0.4) is 0 Å². The van der Waals surface area contributed by atoms with Gasteiger partial charge in [-0.15, -0.1) is 0 Å². The van der Waals surface area contributed by atoms with Gasteiger partial charge in [0.15, 0.2) is 5.82 Å². The van der Waals surface area contributed by atoms with Gasteiger partial charge in [-0.25, -0.2) is 4.79 Å². The number of hydrogen-bond donors (Lipinski definition) is 3. The van der Waals surface area contributed by atoms with Gasteiger partial charge in [-0.3, -0.25) is 20.0 Å². The molecule has 0 radical (unpaired) electrons. The highest BCUT2D eigenvalue weighted by Gasteiger charge is 2.28. The van der Waals surface area contributed by atoms with Crippen molar-refractivity contribution in [3.63, 3.8) is 0 Å². The summed E-state index contributed by atoms with van der Waals surface area (Å²) in [7, 11) is 0. The van der Waals surface area contributed by atoms with Crippen molar-refractivity contribution in [3.05, 3.63) is 22.7 Å². The predicted octanol–water partition coefficient (Wildman–Crippen LogP) is 0.886. The fourth-order valence-corrected chi connectivity index (χ4v) is 1.95. The molecule has 24 heavy (non-hydrogen) atoms. The average molecular weight is 342 g/mol. The van der Waals surface area contributed by atoms with E-state index in [0.717, 1.165) is 5.92 Å². The minimum Gasteiger partial charge on any atom is -0.462 e. The van der Waals surface area contributed by atoms with Crippen LogP contribution in [0.2, 0.25) is 0 Å². The lowest BCUT2D eigenvalue weighted by Crippen LogP contribution is -2.28. The van der Waals surface area contributed by atoms with Crippen molar-refractivity contribution < 1.29 is 19.5 Å². The molecule has 0 amide bonds. The molecule has 4 N–H and O–H groups in total. The van der Waals surface area contributed by atoms with Gasteiger partial charge in [0.1, 0.15) is 12.8 Å². The molecule has 9 heteroatoms. The molecular weight excluding hydrogens is 316 g/mol. The number of carbonyl (C=O) groups is 1. The second kappa shape index (κ2) is 10.0. The van der Waals surface area contributed by atoms with Gasteiger partial charge in [-0.2, -0.15) is 4.98 Å². The Kier molecular flexibility index (Phi) is 8.37. The van der Waals surface area contributed by atoms with E-state index in [0.29, 0.717) is 12.8 Å². The molecule has 1 aromatic heterocycles. The Hall–Kier alpha value is -1.97. The zero-order chi connectivity index (χ0) is 18.1. The molecule has 136 valence electrons. The fraction of sp³-hybridized carbons (Fsp3) is 0.667. The highest BCUT2D eigenvalue weighted by molar-refractivity contribution is 5.71. The lowest BCUT2D eigenvalue weighted by atomic mass is 10.2. The Balaban J connectivity index is 0.000000648. The summed E-state index contributed by atoms with van der Waals surface area (Å²) in [5, 5.41) is 8.66. The first-order valence-electron chi connectivity index (χ1n) is 7.87. The second-order valence-corrected chi connectivity index (χ2v) is 6.02. The van der Waals surface area contributed by atoms with Gasteiger partial charge in [0.05, 0.1) is 12.6 Å². The van der Waals surface area contributed by atoms with Gasteiger partial charge >= 0.3 is 11.7 Å². The van der Waals surface area contributed by atoms with Crippen molar-refractivity contribution in [3.8, 4) is 0 Å². The van der Waals surface area contributed by atoms with Crippen LogP contribution in [0.25, 0.3) is 0 Å². The third-order valence-corrected chi connectivity index (χ3v) is 2.94. The van der Waals surface area contributed by atoms with Crippen LogP contribution in [0.15, 0.2) is 17.1 Å². The standard InChI is InChI=1S/C11H16N4O5.C4H10/c12-5-10(16)19-6-7-1-2-9(20-7)15-4-3-8(14-18)13-11(15)17;1-4(2)3/h3-4,7,9,18H,1-2,5-6,12H2,(H,13,14,17);4H,1-3H3. The number of nitrogens with two attached hydrogens (primary N) is 1. The minimum atomic E-state index is -0.534. The Morgan fingerprint density at radius 3 is 2.75 bits per heavy atom. The maximum Gasteiger partial charge on any atom is 0.351 e. The molecule has 2 rings (SSSR count). The SMILES string of the molecule is CC(C)C.NCC(=O)OCC1CCC(n2ccc(NO)nc2=O)O1. The van der Waals surface area contributed by atoms with Gasteiger partial charge in [0.2, 0.25) is 0 Å². The predicted molar refractivity (Wildman–Crippen MR) is 87.6 cm³/mol. The van der Waals surface area contributed by atoms with Gasteiger partial charge in [0, 0.05) is 6.20 Å². The lowest BCUT2D eigenvalue weighted by molar-refractivity contribution is -0.146. The molecule has 0 bridgehead atoms. The topological polar surface area (TPSA) is 129 Å². The van der Waals surface area contributed by atoms with Crippen LogP contribution >= 0.6 is 0 Å². The largest absolute Gasteiger partial charge is 0.462 e. The molecule has 2 atom stereocenters. The summed E-state index contributed by atoms with van der Waals surface area (Å²) >= 11 is 0. The van der Waals surface area contributed by atoms with Gasteiger partial charge in [-0.05, 0) is 24.8 Å². The van der Waals surface area contributed by atoms with Crippen LogP contribution in [-0.4, -0.2) is 40.0 Å². The van der Waals surface area contributed by atoms with E-state index in [1.54, 1.807) is 5.48 Å². The number of esters is 1. The number of carbonyl (C=O) groups excluding carboxylic acids is 1. The number of anilines is 1. The van der Waals surface area contributed by atoms with Gasteiger partial charge in [-0.1, -0.05) is 20.8 Å². The smallest absolute Gasteiger partial charge is 0.351 e. The van der Waals surface area contributed by atoms with E-state index >= 15 is 0 Å². The molecule has 1 aliphatic heterocycles. The molecule has 1 saturated heterocycles. The van der Waals surface area contributed by atoms with E-state index in [4.69, 9.17) is 20.4 Å². The number of nitrogens with zero attached hydrogens (tertiary/aromatic N) is 2. The Labute approximate surface area is 140 Å². The van der Waals surface area contributed by atoms with E-state index in [1.807, 2.05) is 0 Å². The number of hydrogen-bond acceptors (Lipinski definition) is 8. The number of aromatic nitrogens is 2. The molecule has 0 saturated carbocycles. The highest BCUT2D eigenvalue weighted by Crippen LogP contribution is 2.27. The number of ether oxygens (including phenoxy) is 2. The van der Waals surface area contributed by atoms with Crippen molar-refractivity contribution in [2.75, 3.05) is 18.6 Å². The van der Waals surface area contributed by atoms with Crippen molar-refractivity contribution in [2.45, 2.75) is 45.9 Å². The maximum absolute atomic E-state index is 11.7. The first-order valence-corrected chi connectivity index (χ1v) is 7.87. The van der Waals surface area contributed by atoms with Gasteiger partial charge in [0.25, 0.3) is 0 Å². The molecular formula is C15H26N4O5. The van der Waals surface area contributed by atoms with E-state index in [2.05, 4.69) is 25.8 Å². The molecule has 2 heterocycles. The quantitative estimate of drug-likeness (QED) is 0.531. The van der Waals surface area contributed by atoms with E-state index < -0.39 is 17.9 Å². The Bertz CT molecular complexity index is 572. The average Bonchev–Trinajstić information content (AvgIpc) is 3.00. The second-order valence-electron chi connectivity index (χ2n) is 6.02. The summed E-state index contributed by atoms with van der Waals surface area (Å²) in [5.74, 6) is 0.409. The summed E-state index contributed by atoms with van der Waals surface area (Å²) < 4.78 is 11.8. The van der Waals surface area contributed by atoms with Crippen molar-refractivity contribution >= 4 is 11.8 Å². The molecule has 1 aromatic rings.